The summed E-state index contributed by atoms with van der Waals surface area (Å²) in [6, 6.07) is 5.83. The second kappa shape index (κ2) is 4.11. The number of nitrogens with one attached hydrogen (secondary N) is 1. The van der Waals surface area contributed by atoms with E-state index in [1.165, 1.54) is 0 Å². The number of nitrogens with zero attached hydrogens (tertiary/aromatic N) is 1. The number of fused-ring (bicyclic) bond motifs is 1. The number of benzene rings is 1. The molecule has 0 amide bonds. The molecule has 0 atom stereocenters. The lowest BCUT2D eigenvalue weighted by Gasteiger charge is -2.15. The summed E-state index contributed by atoms with van der Waals surface area (Å²) in [6.07, 6.45) is 1.83. The molecule has 0 radical (unpaired) electrons. The number of ether oxygens (including phenoxy) is 1. The molecule has 1 aliphatic heterocycles. The summed E-state index contributed by atoms with van der Waals surface area (Å²) in [7, 11) is 0. The minimum absolute atomic E-state index is 0.515. The minimum Gasteiger partial charge on any atom is -0.490 e. The number of aliphatic imine (C=N–C) groups is 1. The van der Waals surface area contributed by atoms with Crippen LogP contribution >= 0.6 is 0 Å². The number of hydrogen-bond acceptors (Lipinski definition) is 4. The average Bonchev–Trinajstić information content (AvgIpc) is 2.26. The first-order chi connectivity index (χ1) is 6.92. The normalized spacial score (nSPS) is 13.2. The van der Waals surface area contributed by atoms with Crippen LogP contribution in [0.25, 0.3) is 0 Å². The number of anilines is 1. The zero-order valence-corrected chi connectivity index (χ0v) is 7.86. The second-order valence-electron chi connectivity index (χ2n) is 2.98. The summed E-state index contributed by atoms with van der Waals surface area (Å²) in [5.74, 6) is 0.788. The fourth-order valence-corrected chi connectivity index (χ4v) is 1.38. The maximum Gasteiger partial charge on any atom is 0.147 e. The second-order valence-corrected chi connectivity index (χ2v) is 2.98. The quantitative estimate of drug-likeness (QED) is 0.753. The lowest BCUT2D eigenvalue weighted by Crippen LogP contribution is -2.12. The van der Waals surface area contributed by atoms with E-state index in [9.17, 15) is 0 Å². The van der Waals surface area contributed by atoms with Crippen molar-refractivity contribution < 1.29 is 4.74 Å². The predicted molar refractivity (Wildman–Crippen MR) is 57.6 cm³/mol. The molecule has 0 spiro atoms. The van der Waals surface area contributed by atoms with Crippen molar-refractivity contribution in [2.24, 2.45) is 10.7 Å². The molecule has 1 aromatic rings. The highest BCUT2D eigenvalue weighted by molar-refractivity contribution is 5.83. The van der Waals surface area contributed by atoms with Crippen LogP contribution in [0.15, 0.2) is 23.2 Å². The molecule has 1 aromatic carbocycles. The standard InChI is InChI=1S/C10H13N3O/c11-4-7-14-9-3-1-2-8-10(9)13-6-5-12-8/h1-3,6,12H,4-5,7,11H2. The van der Waals surface area contributed by atoms with Gasteiger partial charge in [0.05, 0.1) is 12.2 Å². The van der Waals surface area contributed by atoms with Crippen LogP contribution in [0.5, 0.6) is 5.75 Å². The zero-order valence-electron chi connectivity index (χ0n) is 7.86. The Bertz CT molecular complexity index is 349. The van der Waals surface area contributed by atoms with Crippen LogP contribution < -0.4 is 15.8 Å². The van der Waals surface area contributed by atoms with Crippen molar-refractivity contribution in [1.82, 2.24) is 0 Å². The van der Waals surface area contributed by atoms with Crippen LogP contribution in [0.1, 0.15) is 0 Å². The molecule has 4 heteroatoms. The number of nitrogens with two attached hydrogens (primary N) is 1. The Balaban J connectivity index is 2.28. The lowest BCUT2D eigenvalue weighted by molar-refractivity contribution is 0.329. The summed E-state index contributed by atoms with van der Waals surface area (Å²) in [4.78, 5) is 4.29. The van der Waals surface area contributed by atoms with Gasteiger partial charge < -0.3 is 15.8 Å². The van der Waals surface area contributed by atoms with E-state index in [4.69, 9.17) is 10.5 Å². The van der Waals surface area contributed by atoms with Crippen LogP contribution in [0.4, 0.5) is 11.4 Å². The lowest BCUT2D eigenvalue weighted by atomic mass is 10.2. The Morgan fingerprint density at radius 1 is 1.50 bits per heavy atom. The maximum absolute atomic E-state index is 5.47. The fourth-order valence-electron chi connectivity index (χ4n) is 1.38. The summed E-state index contributed by atoms with van der Waals surface area (Å²) < 4.78 is 5.47. The van der Waals surface area contributed by atoms with E-state index in [0.717, 1.165) is 23.7 Å². The number of hydrogen-bond donors (Lipinski definition) is 2. The van der Waals surface area contributed by atoms with Gasteiger partial charge in [-0.3, -0.25) is 4.99 Å². The Hall–Kier alpha value is -1.55. The molecule has 0 saturated carbocycles. The van der Waals surface area contributed by atoms with Crippen molar-refractivity contribution in [1.29, 1.82) is 0 Å². The van der Waals surface area contributed by atoms with Crippen molar-refractivity contribution >= 4 is 17.6 Å². The molecular formula is C10H13N3O. The third kappa shape index (κ3) is 1.70. The SMILES string of the molecule is NCCOc1cccc2c1N=CCN2. The molecule has 0 fully saturated rings. The van der Waals surface area contributed by atoms with Crippen molar-refractivity contribution in [3.05, 3.63) is 18.2 Å². The van der Waals surface area contributed by atoms with Gasteiger partial charge in [-0.05, 0) is 12.1 Å². The Kier molecular flexibility index (Phi) is 2.65. The average molecular weight is 191 g/mol. The van der Waals surface area contributed by atoms with Gasteiger partial charge in [0.25, 0.3) is 0 Å². The Morgan fingerprint density at radius 3 is 3.29 bits per heavy atom. The third-order valence-electron chi connectivity index (χ3n) is 1.98. The van der Waals surface area contributed by atoms with E-state index in [1.54, 1.807) is 0 Å². The highest BCUT2D eigenvalue weighted by Gasteiger charge is 2.09. The Labute approximate surface area is 82.8 Å². The molecule has 3 N–H and O–H groups in total. The topological polar surface area (TPSA) is 59.6 Å². The van der Waals surface area contributed by atoms with E-state index >= 15 is 0 Å². The smallest absolute Gasteiger partial charge is 0.147 e. The molecular weight excluding hydrogens is 178 g/mol. The van der Waals surface area contributed by atoms with Gasteiger partial charge >= 0.3 is 0 Å². The first kappa shape index (κ1) is 9.02. The summed E-state index contributed by atoms with van der Waals surface area (Å²) in [5, 5.41) is 3.22. The van der Waals surface area contributed by atoms with Crippen molar-refractivity contribution in [2.75, 3.05) is 25.0 Å². The van der Waals surface area contributed by atoms with Gasteiger partial charge in [0.1, 0.15) is 18.0 Å². The van der Waals surface area contributed by atoms with Gasteiger partial charge in [-0.2, -0.15) is 0 Å². The summed E-state index contributed by atoms with van der Waals surface area (Å²) in [5.41, 5.74) is 7.26. The maximum atomic E-state index is 5.47. The first-order valence-electron chi connectivity index (χ1n) is 4.64. The molecule has 4 nitrogen and oxygen atoms in total. The molecule has 0 saturated heterocycles. The molecule has 0 aromatic heterocycles. The summed E-state index contributed by atoms with van der Waals surface area (Å²) >= 11 is 0. The Morgan fingerprint density at radius 2 is 2.43 bits per heavy atom. The largest absolute Gasteiger partial charge is 0.490 e. The van der Waals surface area contributed by atoms with E-state index in [1.807, 2.05) is 24.4 Å². The van der Waals surface area contributed by atoms with Crippen LogP contribution in [0, 0.1) is 0 Å². The predicted octanol–water partition coefficient (Wildman–Crippen LogP) is 1.15. The van der Waals surface area contributed by atoms with Gasteiger partial charge in [0.2, 0.25) is 0 Å². The summed E-state index contributed by atoms with van der Waals surface area (Å²) in [6.45, 7) is 1.81. The van der Waals surface area contributed by atoms with Gasteiger partial charge in [0, 0.05) is 12.8 Å². The van der Waals surface area contributed by atoms with E-state index in [2.05, 4.69) is 10.3 Å². The molecule has 0 bridgehead atoms. The highest BCUT2D eigenvalue weighted by Crippen LogP contribution is 2.36. The van der Waals surface area contributed by atoms with Gasteiger partial charge in [-0.1, -0.05) is 6.07 Å². The van der Waals surface area contributed by atoms with Gasteiger partial charge in [-0.25, -0.2) is 0 Å². The first-order valence-corrected chi connectivity index (χ1v) is 4.64. The fraction of sp³-hybridized carbons (Fsp3) is 0.300. The van der Waals surface area contributed by atoms with Crippen LogP contribution in [-0.2, 0) is 0 Å². The van der Waals surface area contributed by atoms with E-state index in [-0.39, 0.29) is 0 Å². The highest BCUT2D eigenvalue weighted by atomic mass is 16.5. The van der Waals surface area contributed by atoms with Crippen LogP contribution in [0.2, 0.25) is 0 Å². The molecule has 1 heterocycles. The molecule has 0 aliphatic carbocycles. The molecule has 0 unspecified atom stereocenters. The third-order valence-corrected chi connectivity index (χ3v) is 1.98. The number of rotatable bonds is 3. The molecule has 1 aliphatic rings. The van der Waals surface area contributed by atoms with Crippen molar-refractivity contribution in [3.8, 4) is 5.75 Å². The van der Waals surface area contributed by atoms with E-state index < -0.39 is 0 Å². The van der Waals surface area contributed by atoms with Crippen LogP contribution in [0.3, 0.4) is 0 Å². The monoisotopic (exact) mass is 191 g/mol. The minimum atomic E-state index is 0.515. The molecule has 14 heavy (non-hydrogen) atoms. The van der Waals surface area contributed by atoms with Crippen LogP contribution in [-0.4, -0.2) is 25.9 Å². The van der Waals surface area contributed by atoms with Gasteiger partial charge in [0.15, 0.2) is 0 Å². The number of para-hydroxylation sites is 1. The zero-order chi connectivity index (χ0) is 9.80. The van der Waals surface area contributed by atoms with E-state index in [0.29, 0.717) is 13.2 Å². The van der Waals surface area contributed by atoms with Crippen molar-refractivity contribution in [2.45, 2.75) is 0 Å². The van der Waals surface area contributed by atoms with Crippen molar-refractivity contribution in [3.63, 3.8) is 0 Å². The molecule has 2 rings (SSSR count). The van der Waals surface area contributed by atoms with Gasteiger partial charge in [-0.15, -0.1) is 0 Å². The molecule has 74 valence electrons.